The van der Waals surface area contributed by atoms with Gasteiger partial charge >= 0.3 is 0 Å². The molecule has 0 bridgehead atoms. The molecule has 1 fully saturated rings. The number of carbonyl (C=O) groups is 1. The van der Waals surface area contributed by atoms with Gasteiger partial charge in [0.05, 0.1) is 6.54 Å². The first-order valence-electron chi connectivity index (χ1n) is 6.46. The topological polar surface area (TPSA) is 44.4 Å². The molecule has 0 aliphatic carbocycles. The summed E-state index contributed by atoms with van der Waals surface area (Å²) >= 11 is 0. The van der Waals surface area contributed by atoms with E-state index in [1.807, 2.05) is 31.2 Å². The van der Waals surface area contributed by atoms with Crippen LogP contribution in [0.5, 0.6) is 0 Å². The van der Waals surface area contributed by atoms with Gasteiger partial charge in [0.2, 0.25) is 5.91 Å². The van der Waals surface area contributed by atoms with Crippen molar-refractivity contribution in [1.29, 1.82) is 0 Å². The zero-order valence-corrected chi connectivity index (χ0v) is 12.3. The number of amides is 1. The molecule has 19 heavy (non-hydrogen) atoms. The highest BCUT2D eigenvalue weighted by molar-refractivity contribution is 5.92. The lowest BCUT2D eigenvalue weighted by atomic mass is 10.2. The second-order valence-electron chi connectivity index (χ2n) is 4.94. The fourth-order valence-electron chi connectivity index (χ4n) is 2.14. The van der Waals surface area contributed by atoms with Gasteiger partial charge in [-0.3, -0.25) is 9.69 Å². The summed E-state index contributed by atoms with van der Waals surface area (Å²) in [5.41, 5.74) is 2.07. The van der Waals surface area contributed by atoms with Crippen LogP contribution in [0.1, 0.15) is 12.5 Å². The smallest absolute Gasteiger partial charge is 0.238 e. The van der Waals surface area contributed by atoms with Crippen molar-refractivity contribution in [2.75, 3.05) is 31.5 Å². The number of aryl methyl sites for hydroxylation is 1. The maximum atomic E-state index is 11.9. The molecule has 0 spiro atoms. The van der Waals surface area contributed by atoms with E-state index in [4.69, 9.17) is 0 Å². The lowest BCUT2D eigenvalue weighted by Crippen LogP contribution is -2.51. The summed E-state index contributed by atoms with van der Waals surface area (Å²) in [7, 11) is 0. The molecule has 1 aromatic carbocycles. The molecule has 2 N–H and O–H groups in total. The Bertz CT molecular complexity index is 408. The number of hydrogen-bond donors (Lipinski definition) is 2. The van der Waals surface area contributed by atoms with Gasteiger partial charge in [0, 0.05) is 31.4 Å². The van der Waals surface area contributed by atoms with Gasteiger partial charge in [0.15, 0.2) is 0 Å². The van der Waals surface area contributed by atoms with E-state index in [9.17, 15) is 4.79 Å². The van der Waals surface area contributed by atoms with Crippen molar-refractivity contribution in [3.8, 4) is 0 Å². The van der Waals surface area contributed by atoms with Gasteiger partial charge in [0.1, 0.15) is 0 Å². The normalized spacial score (nSPS) is 19.6. The van der Waals surface area contributed by atoms with Crippen molar-refractivity contribution in [2.45, 2.75) is 19.9 Å². The van der Waals surface area contributed by atoms with E-state index in [1.54, 1.807) is 0 Å². The van der Waals surface area contributed by atoms with Crippen LogP contribution in [-0.2, 0) is 4.79 Å². The lowest BCUT2D eigenvalue weighted by molar-refractivity contribution is -0.118. The second-order valence-corrected chi connectivity index (χ2v) is 4.94. The van der Waals surface area contributed by atoms with Crippen molar-refractivity contribution < 1.29 is 4.79 Å². The molecule has 5 heteroatoms. The Kier molecular flexibility index (Phi) is 6.28. The Morgan fingerprint density at radius 2 is 2.11 bits per heavy atom. The molecule has 0 unspecified atom stereocenters. The largest absolute Gasteiger partial charge is 0.325 e. The van der Waals surface area contributed by atoms with E-state index in [1.165, 1.54) is 5.56 Å². The molecule has 106 valence electrons. The minimum atomic E-state index is 0. The van der Waals surface area contributed by atoms with Gasteiger partial charge in [-0.1, -0.05) is 17.7 Å². The van der Waals surface area contributed by atoms with E-state index < -0.39 is 0 Å². The molecule has 1 aliphatic rings. The third-order valence-electron chi connectivity index (χ3n) is 3.32. The highest BCUT2D eigenvalue weighted by Crippen LogP contribution is 2.09. The number of benzene rings is 1. The Morgan fingerprint density at radius 3 is 2.74 bits per heavy atom. The molecule has 1 amide bonds. The zero-order valence-electron chi connectivity index (χ0n) is 11.5. The number of nitrogens with one attached hydrogen (secondary N) is 2. The number of nitrogens with zero attached hydrogens (tertiary/aromatic N) is 1. The van der Waals surface area contributed by atoms with Crippen LogP contribution >= 0.6 is 12.4 Å². The summed E-state index contributed by atoms with van der Waals surface area (Å²) in [5.74, 6) is 0.0626. The van der Waals surface area contributed by atoms with Crippen molar-refractivity contribution in [3.63, 3.8) is 0 Å². The van der Waals surface area contributed by atoms with Crippen LogP contribution in [0.2, 0.25) is 0 Å². The molecule has 1 aromatic rings. The first kappa shape index (κ1) is 16.0. The number of carbonyl (C=O) groups excluding carboxylic acids is 1. The molecule has 4 nitrogen and oxygen atoms in total. The van der Waals surface area contributed by atoms with Crippen LogP contribution in [0.15, 0.2) is 24.3 Å². The van der Waals surface area contributed by atoms with Crippen molar-refractivity contribution in [1.82, 2.24) is 10.2 Å². The Balaban J connectivity index is 0.00000180. The van der Waals surface area contributed by atoms with Gasteiger partial charge in [-0.15, -0.1) is 12.4 Å². The van der Waals surface area contributed by atoms with Crippen LogP contribution < -0.4 is 10.6 Å². The zero-order chi connectivity index (χ0) is 13.0. The minimum Gasteiger partial charge on any atom is -0.325 e. The average molecular weight is 284 g/mol. The van der Waals surface area contributed by atoms with Gasteiger partial charge < -0.3 is 10.6 Å². The van der Waals surface area contributed by atoms with Gasteiger partial charge in [-0.25, -0.2) is 0 Å². The van der Waals surface area contributed by atoms with Crippen molar-refractivity contribution in [3.05, 3.63) is 29.8 Å². The predicted molar refractivity (Wildman–Crippen MR) is 81.0 cm³/mol. The van der Waals surface area contributed by atoms with Gasteiger partial charge in [-0.2, -0.15) is 0 Å². The highest BCUT2D eigenvalue weighted by atomic mass is 35.5. The molecule has 1 atom stereocenters. The first-order chi connectivity index (χ1) is 8.65. The number of rotatable bonds is 3. The summed E-state index contributed by atoms with van der Waals surface area (Å²) in [6.45, 7) is 7.50. The lowest BCUT2D eigenvalue weighted by Gasteiger charge is -2.33. The minimum absolute atomic E-state index is 0. The fraction of sp³-hybridized carbons (Fsp3) is 0.500. The van der Waals surface area contributed by atoms with E-state index in [0.717, 1.165) is 25.3 Å². The predicted octanol–water partition coefficient (Wildman–Crippen LogP) is 1.65. The second kappa shape index (κ2) is 7.48. The summed E-state index contributed by atoms with van der Waals surface area (Å²) in [5, 5.41) is 6.26. The van der Waals surface area contributed by atoms with Crippen LogP contribution in [0.25, 0.3) is 0 Å². The molecule has 1 aliphatic heterocycles. The monoisotopic (exact) mass is 283 g/mol. The van der Waals surface area contributed by atoms with Crippen LogP contribution in [0.3, 0.4) is 0 Å². The molecular formula is C14H22ClN3O. The molecule has 0 aromatic heterocycles. The Hall–Kier alpha value is -1.10. The molecule has 1 saturated heterocycles. The summed E-state index contributed by atoms with van der Waals surface area (Å²) < 4.78 is 0. The summed E-state index contributed by atoms with van der Waals surface area (Å²) in [6.07, 6.45) is 0. The highest BCUT2D eigenvalue weighted by Gasteiger charge is 2.19. The maximum absolute atomic E-state index is 11.9. The van der Waals surface area contributed by atoms with Gasteiger partial charge in [0.25, 0.3) is 0 Å². The standard InChI is InChI=1S/C14H21N3O.ClH/c1-11-3-5-13(6-4-11)16-14(18)10-17-8-7-15-9-12(17)2;/h3-6,12,15H,7-10H2,1-2H3,(H,16,18);1H/t12-;/m0./s1. The van der Waals surface area contributed by atoms with E-state index in [2.05, 4.69) is 22.5 Å². The number of halogens is 1. The number of hydrogen-bond acceptors (Lipinski definition) is 3. The molecule has 0 radical (unpaired) electrons. The molecule has 2 rings (SSSR count). The SMILES string of the molecule is Cc1ccc(NC(=O)CN2CCNC[C@@H]2C)cc1.Cl. The molecule has 1 heterocycles. The van der Waals surface area contributed by atoms with Crippen LogP contribution in [0.4, 0.5) is 5.69 Å². The Labute approximate surface area is 121 Å². The van der Waals surface area contributed by atoms with E-state index in [-0.39, 0.29) is 18.3 Å². The first-order valence-corrected chi connectivity index (χ1v) is 6.46. The number of piperazine rings is 1. The van der Waals surface area contributed by atoms with Gasteiger partial charge in [-0.05, 0) is 26.0 Å². The van der Waals surface area contributed by atoms with Crippen molar-refractivity contribution >= 4 is 24.0 Å². The van der Waals surface area contributed by atoms with Crippen LogP contribution in [0, 0.1) is 6.92 Å². The van der Waals surface area contributed by atoms with E-state index in [0.29, 0.717) is 12.6 Å². The third kappa shape index (κ3) is 4.82. The van der Waals surface area contributed by atoms with Crippen molar-refractivity contribution in [2.24, 2.45) is 0 Å². The van der Waals surface area contributed by atoms with E-state index >= 15 is 0 Å². The average Bonchev–Trinajstić information content (AvgIpc) is 2.35. The van der Waals surface area contributed by atoms with Crippen LogP contribution in [-0.4, -0.2) is 43.0 Å². The quantitative estimate of drug-likeness (QED) is 0.887. The molecule has 0 saturated carbocycles. The molecular weight excluding hydrogens is 262 g/mol. The summed E-state index contributed by atoms with van der Waals surface area (Å²) in [4.78, 5) is 14.1. The fourth-order valence-corrected chi connectivity index (χ4v) is 2.14. The maximum Gasteiger partial charge on any atom is 0.238 e. The summed E-state index contributed by atoms with van der Waals surface area (Å²) in [6, 6.07) is 8.30. The Morgan fingerprint density at radius 1 is 1.42 bits per heavy atom. The number of anilines is 1. The third-order valence-corrected chi connectivity index (χ3v) is 3.32.